The number of nitrogens with zero attached hydrogens (tertiary/aromatic N) is 2. The van der Waals surface area contributed by atoms with Gasteiger partial charge in [-0.1, -0.05) is 0 Å². The number of hydrogen-bond acceptors (Lipinski definition) is 4. The zero-order chi connectivity index (χ0) is 16.6. The fourth-order valence-corrected chi connectivity index (χ4v) is 4.88. The van der Waals surface area contributed by atoms with E-state index in [-0.39, 0.29) is 0 Å². The molecular weight excluding hydrogens is 296 g/mol. The molecule has 0 bridgehead atoms. The molecule has 2 aliphatic heterocycles. The van der Waals surface area contributed by atoms with Crippen molar-refractivity contribution in [3.63, 3.8) is 0 Å². The van der Waals surface area contributed by atoms with Crippen molar-refractivity contribution in [1.29, 1.82) is 5.26 Å². The predicted molar refractivity (Wildman–Crippen MR) is 97.2 cm³/mol. The van der Waals surface area contributed by atoms with E-state index in [9.17, 15) is 5.26 Å². The van der Waals surface area contributed by atoms with Crippen molar-refractivity contribution in [2.45, 2.75) is 44.1 Å². The number of hydrogen-bond donors (Lipinski definition) is 2. The maximum Gasteiger partial charge on any atom is 0.0994 e. The molecule has 0 unspecified atom stereocenters. The molecule has 2 N–H and O–H groups in total. The Kier molecular flexibility index (Phi) is 4.24. The maximum absolute atomic E-state index is 9.48. The third-order valence-corrected chi connectivity index (χ3v) is 6.39. The Morgan fingerprint density at radius 1 is 1.29 bits per heavy atom. The fourth-order valence-electron chi connectivity index (χ4n) is 4.88. The third-order valence-electron chi connectivity index (χ3n) is 6.39. The lowest BCUT2D eigenvalue weighted by atomic mass is 9.65. The van der Waals surface area contributed by atoms with Gasteiger partial charge in [0, 0.05) is 18.3 Å². The van der Waals surface area contributed by atoms with Crippen molar-refractivity contribution >= 4 is 5.69 Å². The first-order chi connectivity index (χ1) is 11.7. The predicted octanol–water partition coefficient (Wildman–Crippen LogP) is 2.92. The smallest absolute Gasteiger partial charge is 0.0994 e. The van der Waals surface area contributed by atoms with Crippen LogP contribution >= 0.6 is 0 Å². The summed E-state index contributed by atoms with van der Waals surface area (Å²) in [5.74, 6) is 0.532. The number of rotatable bonds is 3. The average molecular weight is 324 g/mol. The molecule has 1 spiro atoms. The van der Waals surface area contributed by atoms with E-state index in [0.29, 0.717) is 17.4 Å². The van der Waals surface area contributed by atoms with Crippen molar-refractivity contribution in [2.75, 3.05) is 38.5 Å². The second-order valence-corrected chi connectivity index (χ2v) is 8.17. The number of piperidine rings is 1. The lowest BCUT2D eigenvalue weighted by Gasteiger charge is -2.45. The van der Waals surface area contributed by atoms with Gasteiger partial charge in [0.2, 0.25) is 0 Å². The van der Waals surface area contributed by atoms with E-state index in [1.54, 1.807) is 0 Å². The van der Waals surface area contributed by atoms with Crippen LogP contribution in [0.1, 0.15) is 49.1 Å². The summed E-state index contributed by atoms with van der Waals surface area (Å²) in [7, 11) is 2.18. The highest BCUT2D eigenvalue weighted by Gasteiger charge is 2.45. The van der Waals surface area contributed by atoms with Crippen LogP contribution < -0.4 is 10.6 Å². The monoisotopic (exact) mass is 324 g/mol. The fraction of sp³-hybridized carbons (Fsp3) is 0.650. The first-order valence-electron chi connectivity index (χ1n) is 9.37. The number of benzene rings is 1. The summed E-state index contributed by atoms with van der Waals surface area (Å²) >= 11 is 0. The third kappa shape index (κ3) is 3.03. The van der Waals surface area contributed by atoms with Crippen LogP contribution in [0, 0.1) is 16.7 Å². The number of anilines is 1. The zero-order valence-corrected chi connectivity index (χ0v) is 14.6. The molecule has 1 aromatic rings. The van der Waals surface area contributed by atoms with E-state index < -0.39 is 0 Å². The van der Waals surface area contributed by atoms with Gasteiger partial charge in [0.05, 0.1) is 11.6 Å². The summed E-state index contributed by atoms with van der Waals surface area (Å²) in [6, 6.07) is 9.37. The van der Waals surface area contributed by atoms with E-state index in [4.69, 9.17) is 0 Å². The van der Waals surface area contributed by atoms with Crippen molar-refractivity contribution < 1.29 is 0 Å². The lowest BCUT2D eigenvalue weighted by molar-refractivity contribution is 0.142. The number of nitriles is 1. The van der Waals surface area contributed by atoms with Crippen molar-refractivity contribution in [2.24, 2.45) is 5.41 Å². The van der Waals surface area contributed by atoms with Gasteiger partial charge in [-0.15, -0.1) is 0 Å². The standard InChI is InChI=1S/C20H28N4/c1-24-8-4-15(5-9-24)19-10-17(3-2-16(19)13-21)23-18-11-20(12-18)6-7-22-14-20/h2-3,10,15,18,22-23H,4-9,11-12,14H2,1H3. The molecule has 1 saturated carbocycles. The van der Waals surface area contributed by atoms with Crippen molar-refractivity contribution in [1.82, 2.24) is 10.2 Å². The average Bonchev–Trinajstić information content (AvgIpc) is 3.05. The first kappa shape index (κ1) is 15.9. The van der Waals surface area contributed by atoms with Gasteiger partial charge in [-0.2, -0.15) is 5.26 Å². The topological polar surface area (TPSA) is 51.1 Å². The summed E-state index contributed by atoms with van der Waals surface area (Å²) in [5, 5.41) is 16.7. The molecule has 0 atom stereocenters. The minimum atomic E-state index is 0.532. The van der Waals surface area contributed by atoms with Crippen molar-refractivity contribution in [3.05, 3.63) is 29.3 Å². The summed E-state index contributed by atoms with van der Waals surface area (Å²) in [5.41, 5.74) is 3.89. The van der Waals surface area contributed by atoms with E-state index in [2.05, 4.69) is 40.8 Å². The highest BCUT2D eigenvalue weighted by molar-refractivity contribution is 5.54. The Morgan fingerprint density at radius 2 is 2.08 bits per heavy atom. The maximum atomic E-state index is 9.48. The molecule has 3 aliphatic rings. The summed E-state index contributed by atoms with van der Waals surface area (Å²) < 4.78 is 0. The molecule has 4 nitrogen and oxygen atoms in total. The van der Waals surface area contributed by atoms with Crippen LogP contribution in [-0.2, 0) is 0 Å². The van der Waals surface area contributed by atoms with Gasteiger partial charge in [0.1, 0.15) is 0 Å². The second kappa shape index (κ2) is 6.38. The van der Waals surface area contributed by atoms with Gasteiger partial charge in [0.25, 0.3) is 0 Å². The Morgan fingerprint density at radius 3 is 2.75 bits per heavy atom. The molecule has 0 aromatic heterocycles. The van der Waals surface area contributed by atoms with Crippen molar-refractivity contribution in [3.8, 4) is 6.07 Å². The molecule has 4 rings (SSSR count). The Balaban J connectivity index is 1.45. The van der Waals surface area contributed by atoms with E-state index in [0.717, 1.165) is 31.5 Å². The molecule has 24 heavy (non-hydrogen) atoms. The Hall–Kier alpha value is -1.57. The van der Waals surface area contributed by atoms with Gasteiger partial charge in [-0.25, -0.2) is 0 Å². The van der Waals surface area contributed by atoms with Crippen LogP contribution in [0.5, 0.6) is 0 Å². The van der Waals surface area contributed by atoms with E-state index in [1.165, 1.54) is 43.6 Å². The van der Waals surface area contributed by atoms with E-state index in [1.807, 2.05) is 6.07 Å². The Labute approximate surface area is 145 Å². The van der Waals surface area contributed by atoms with Gasteiger partial charge in [-0.05, 0) is 93.9 Å². The van der Waals surface area contributed by atoms with E-state index >= 15 is 0 Å². The quantitative estimate of drug-likeness (QED) is 0.897. The highest BCUT2D eigenvalue weighted by atomic mass is 15.1. The molecule has 128 valence electrons. The summed E-state index contributed by atoms with van der Waals surface area (Å²) in [6.07, 6.45) is 6.21. The zero-order valence-electron chi connectivity index (χ0n) is 14.6. The molecule has 2 saturated heterocycles. The SMILES string of the molecule is CN1CCC(c2cc(NC3CC4(CCNC4)C3)ccc2C#N)CC1. The minimum absolute atomic E-state index is 0.532. The summed E-state index contributed by atoms with van der Waals surface area (Å²) in [4.78, 5) is 2.38. The van der Waals surface area contributed by atoms with Gasteiger partial charge >= 0.3 is 0 Å². The normalized spacial score (nSPS) is 30.9. The molecular formula is C20H28N4. The summed E-state index contributed by atoms with van der Waals surface area (Å²) in [6.45, 7) is 4.64. The lowest BCUT2D eigenvalue weighted by Crippen LogP contribution is -2.46. The highest BCUT2D eigenvalue weighted by Crippen LogP contribution is 2.47. The molecule has 0 radical (unpaired) electrons. The molecule has 2 heterocycles. The largest absolute Gasteiger partial charge is 0.382 e. The molecule has 4 heteroatoms. The first-order valence-corrected chi connectivity index (χ1v) is 9.37. The van der Waals surface area contributed by atoms with Crippen LogP contribution in [0.25, 0.3) is 0 Å². The molecule has 0 amide bonds. The van der Waals surface area contributed by atoms with Crippen LogP contribution in [0.2, 0.25) is 0 Å². The molecule has 3 fully saturated rings. The number of nitrogens with one attached hydrogen (secondary N) is 2. The van der Waals surface area contributed by atoms with Crippen LogP contribution in [0.15, 0.2) is 18.2 Å². The van der Waals surface area contributed by atoms with Gasteiger partial charge in [-0.3, -0.25) is 0 Å². The van der Waals surface area contributed by atoms with Crippen LogP contribution in [0.4, 0.5) is 5.69 Å². The second-order valence-electron chi connectivity index (χ2n) is 8.17. The molecule has 1 aromatic carbocycles. The van der Waals surface area contributed by atoms with Crippen LogP contribution in [-0.4, -0.2) is 44.2 Å². The van der Waals surface area contributed by atoms with Gasteiger partial charge < -0.3 is 15.5 Å². The number of likely N-dealkylation sites (tertiary alicyclic amines) is 1. The van der Waals surface area contributed by atoms with Gasteiger partial charge in [0.15, 0.2) is 0 Å². The minimum Gasteiger partial charge on any atom is -0.382 e. The van der Waals surface area contributed by atoms with Crippen LogP contribution in [0.3, 0.4) is 0 Å². The Bertz CT molecular complexity index is 626. The molecule has 1 aliphatic carbocycles.